The van der Waals surface area contributed by atoms with E-state index in [1.165, 1.54) is 37.9 Å². The van der Waals surface area contributed by atoms with E-state index in [9.17, 15) is 0 Å². The van der Waals surface area contributed by atoms with Gasteiger partial charge in [-0.1, -0.05) is 0 Å². The summed E-state index contributed by atoms with van der Waals surface area (Å²) < 4.78 is 5.04. The van der Waals surface area contributed by atoms with Crippen LogP contribution in [0.15, 0.2) is 23.0 Å². The second kappa shape index (κ2) is 5.30. The standard InChI is InChI=1S/C10H15NO.ClH/c1-2-9(7-11-4-1)6-10-3-5-12-8-10;/h3,5,8-9,11H,1-2,4,6-7H2;1H. The predicted octanol–water partition coefficient (Wildman–Crippen LogP) is 2.24. The Kier molecular flexibility index (Phi) is 4.33. The van der Waals surface area contributed by atoms with Gasteiger partial charge in [0.15, 0.2) is 0 Å². The molecule has 2 rings (SSSR count). The van der Waals surface area contributed by atoms with E-state index in [0.29, 0.717) is 0 Å². The zero-order valence-corrected chi connectivity index (χ0v) is 8.48. The van der Waals surface area contributed by atoms with Crippen LogP contribution in [-0.2, 0) is 6.42 Å². The van der Waals surface area contributed by atoms with Crippen LogP contribution >= 0.6 is 12.4 Å². The Bertz CT molecular complexity index is 217. The second-order valence-corrected chi connectivity index (χ2v) is 3.55. The highest BCUT2D eigenvalue weighted by atomic mass is 35.5. The molecule has 1 N–H and O–H groups in total. The summed E-state index contributed by atoms with van der Waals surface area (Å²) in [6.07, 6.45) is 7.46. The normalized spacial score (nSPS) is 22.3. The molecule has 0 aliphatic carbocycles. The Labute approximate surface area is 85.1 Å². The Morgan fingerprint density at radius 1 is 1.54 bits per heavy atom. The van der Waals surface area contributed by atoms with E-state index in [4.69, 9.17) is 4.42 Å². The highest BCUT2D eigenvalue weighted by molar-refractivity contribution is 5.85. The predicted molar refractivity (Wildman–Crippen MR) is 55.3 cm³/mol. The van der Waals surface area contributed by atoms with Crippen LogP contribution in [0.5, 0.6) is 0 Å². The number of piperidine rings is 1. The van der Waals surface area contributed by atoms with Crippen LogP contribution in [0.25, 0.3) is 0 Å². The lowest BCUT2D eigenvalue weighted by Crippen LogP contribution is -2.30. The van der Waals surface area contributed by atoms with Crippen LogP contribution in [0, 0.1) is 5.92 Å². The minimum absolute atomic E-state index is 0. The minimum atomic E-state index is 0. The van der Waals surface area contributed by atoms with Crippen LogP contribution in [0.1, 0.15) is 18.4 Å². The van der Waals surface area contributed by atoms with E-state index in [2.05, 4.69) is 11.4 Å². The van der Waals surface area contributed by atoms with E-state index < -0.39 is 0 Å². The zero-order chi connectivity index (χ0) is 8.23. The van der Waals surface area contributed by atoms with Gasteiger partial charge in [-0.05, 0) is 49.9 Å². The summed E-state index contributed by atoms with van der Waals surface area (Å²) in [7, 11) is 0. The van der Waals surface area contributed by atoms with Crippen LogP contribution in [0.4, 0.5) is 0 Å². The Morgan fingerprint density at radius 3 is 3.08 bits per heavy atom. The van der Waals surface area contributed by atoms with Crippen molar-refractivity contribution in [2.75, 3.05) is 13.1 Å². The molecule has 2 heterocycles. The molecule has 0 amide bonds. The minimum Gasteiger partial charge on any atom is -0.472 e. The van der Waals surface area contributed by atoms with Gasteiger partial charge in [0.05, 0.1) is 12.5 Å². The molecule has 0 saturated carbocycles. The van der Waals surface area contributed by atoms with Crippen molar-refractivity contribution in [3.05, 3.63) is 24.2 Å². The Balaban J connectivity index is 0.000000845. The number of halogens is 1. The number of hydrogen-bond acceptors (Lipinski definition) is 2. The number of nitrogens with one attached hydrogen (secondary N) is 1. The van der Waals surface area contributed by atoms with Crippen molar-refractivity contribution in [3.63, 3.8) is 0 Å². The second-order valence-electron chi connectivity index (χ2n) is 3.55. The van der Waals surface area contributed by atoms with Crippen molar-refractivity contribution in [2.24, 2.45) is 5.92 Å². The van der Waals surface area contributed by atoms with Gasteiger partial charge >= 0.3 is 0 Å². The molecule has 1 unspecified atom stereocenters. The van der Waals surface area contributed by atoms with Gasteiger partial charge in [-0.15, -0.1) is 12.4 Å². The largest absolute Gasteiger partial charge is 0.472 e. The topological polar surface area (TPSA) is 25.2 Å². The number of rotatable bonds is 2. The lowest BCUT2D eigenvalue weighted by atomic mass is 9.94. The highest BCUT2D eigenvalue weighted by Gasteiger charge is 2.13. The van der Waals surface area contributed by atoms with Crippen molar-refractivity contribution >= 4 is 12.4 Å². The SMILES string of the molecule is Cl.c1cc(CC2CCCNC2)co1. The van der Waals surface area contributed by atoms with Gasteiger partial charge in [0, 0.05) is 0 Å². The van der Waals surface area contributed by atoms with Gasteiger partial charge in [0.25, 0.3) is 0 Å². The first-order valence-corrected chi connectivity index (χ1v) is 4.67. The molecule has 0 bridgehead atoms. The fourth-order valence-electron chi connectivity index (χ4n) is 1.84. The molecule has 3 heteroatoms. The van der Waals surface area contributed by atoms with Gasteiger partial charge in [0.2, 0.25) is 0 Å². The third-order valence-corrected chi connectivity index (χ3v) is 2.50. The summed E-state index contributed by atoms with van der Waals surface area (Å²) in [4.78, 5) is 0. The van der Waals surface area contributed by atoms with Gasteiger partial charge in [-0.2, -0.15) is 0 Å². The Hall–Kier alpha value is -0.470. The lowest BCUT2D eigenvalue weighted by molar-refractivity contribution is 0.375. The van der Waals surface area contributed by atoms with Crippen molar-refractivity contribution in [1.29, 1.82) is 0 Å². The monoisotopic (exact) mass is 201 g/mol. The molecule has 2 nitrogen and oxygen atoms in total. The molecule has 0 radical (unpaired) electrons. The first-order valence-electron chi connectivity index (χ1n) is 4.67. The van der Waals surface area contributed by atoms with E-state index in [1.54, 1.807) is 6.26 Å². The number of furan rings is 1. The van der Waals surface area contributed by atoms with Gasteiger partial charge in [0.1, 0.15) is 0 Å². The highest BCUT2D eigenvalue weighted by Crippen LogP contribution is 2.16. The first-order chi connectivity index (χ1) is 5.95. The summed E-state index contributed by atoms with van der Waals surface area (Å²) in [5.74, 6) is 0.816. The molecule has 74 valence electrons. The molecular weight excluding hydrogens is 186 g/mol. The van der Waals surface area contributed by atoms with Crippen LogP contribution in [0.3, 0.4) is 0 Å². The summed E-state index contributed by atoms with van der Waals surface area (Å²) in [5.41, 5.74) is 1.34. The van der Waals surface area contributed by atoms with E-state index >= 15 is 0 Å². The molecule has 0 aromatic carbocycles. The van der Waals surface area contributed by atoms with Crippen molar-refractivity contribution in [1.82, 2.24) is 5.32 Å². The first kappa shape index (κ1) is 10.6. The molecule has 13 heavy (non-hydrogen) atoms. The van der Waals surface area contributed by atoms with E-state index in [-0.39, 0.29) is 12.4 Å². The molecule has 1 aliphatic rings. The van der Waals surface area contributed by atoms with Crippen molar-refractivity contribution in [2.45, 2.75) is 19.3 Å². The fraction of sp³-hybridized carbons (Fsp3) is 0.600. The van der Waals surface area contributed by atoms with Crippen molar-refractivity contribution < 1.29 is 4.42 Å². The molecule has 1 aromatic heterocycles. The summed E-state index contributed by atoms with van der Waals surface area (Å²) in [6.45, 7) is 2.37. The maximum Gasteiger partial charge on any atom is 0.0934 e. The van der Waals surface area contributed by atoms with Crippen molar-refractivity contribution in [3.8, 4) is 0 Å². The molecule has 1 fully saturated rings. The fourth-order valence-corrected chi connectivity index (χ4v) is 1.84. The Morgan fingerprint density at radius 2 is 2.46 bits per heavy atom. The van der Waals surface area contributed by atoms with Crippen LogP contribution in [0.2, 0.25) is 0 Å². The third-order valence-electron chi connectivity index (χ3n) is 2.50. The average molecular weight is 202 g/mol. The smallest absolute Gasteiger partial charge is 0.0934 e. The average Bonchev–Trinajstić information content (AvgIpc) is 2.59. The summed E-state index contributed by atoms with van der Waals surface area (Å²) >= 11 is 0. The van der Waals surface area contributed by atoms with E-state index in [0.717, 1.165) is 5.92 Å². The zero-order valence-electron chi connectivity index (χ0n) is 7.66. The lowest BCUT2D eigenvalue weighted by Gasteiger charge is -2.21. The quantitative estimate of drug-likeness (QED) is 0.794. The van der Waals surface area contributed by atoms with Gasteiger partial charge in [-0.3, -0.25) is 0 Å². The molecule has 0 spiro atoms. The molecular formula is C10H16ClNO. The summed E-state index contributed by atoms with van der Waals surface area (Å²) in [6, 6.07) is 2.06. The third kappa shape index (κ3) is 3.05. The van der Waals surface area contributed by atoms with E-state index in [1.807, 2.05) is 6.26 Å². The number of hydrogen-bond donors (Lipinski definition) is 1. The molecule has 1 atom stereocenters. The molecule has 1 aliphatic heterocycles. The van der Waals surface area contributed by atoms with Crippen LogP contribution in [-0.4, -0.2) is 13.1 Å². The van der Waals surface area contributed by atoms with Crippen LogP contribution < -0.4 is 5.32 Å². The maximum absolute atomic E-state index is 5.04. The summed E-state index contributed by atoms with van der Waals surface area (Å²) in [5, 5.41) is 3.42. The maximum atomic E-state index is 5.04. The molecule has 1 aromatic rings. The molecule has 1 saturated heterocycles. The van der Waals surface area contributed by atoms with Gasteiger partial charge in [-0.25, -0.2) is 0 Å². The van der Waals surface area contributed by atoms with Gasteiger partial charge < -0.3 is 9.73 Å².